The van der Waals surface area contributed by atoms with Gasteiger partial charge in [0.05, 0.1) is 10.6 Å². The maximum absolute atomic E-state index is 13.9. The number of likely N-dealkylation sites (N-methyl/N-ethyl adjacent to an activating group) is 1. The lowest BCUT2D eigenvalue weighted by atomic mass is 10.1. The van der Waals surface area contributed by atoms with E-state index in [2.05, 4.69) is 5.32 Å². The number of benzene rings is 3. The number of carbonyl (C=O) groups is 2. The average molecular weight is 611 g/mol. The summed E-state index contributed by atoms with van der Waals surface area (Å²) in [6, 6.07) is 14.8. The van der Waals surface area contributed by atoms with Crippen LogP contribution in [0.3, 0.4) is 0 Å². The first-order valence-electron chi connectivity index (χ1n) is 12.2. The number of hydrogen-bond acceptors (Lipinski definition) is 4. The highest BCUT2D eigenvalue weighted by Crippen LogP contribution is 2.28. The zero-order chi connectivity index (χ0) is 28.9. The lowest BCUT2D eigenvalue weighted by molar-refractivity contribution is -0.139. The fourth-order valence-corrected chi connectivity index (χ4v) is 5.88. The van der Waals surface area contributed by atoms with Crippen LogP contribution < -0.4 is 9.62 Å². The van der Waals surface area contributed by atoms with E-state index in [1.54, 1.807) is 50.2 Å². The zero-order valence-electron chi connectivity index (χ0n) is 22.0. The van der Waals surface area contributed by atoms with Gasteiger partial charge in [-0.2, -0.15) is 0 Å². The molecule has 0 radical (unpaired) electrons. The standard InChI is InChI=1S/C28H30Cl3N3O4S/c1-5-32-28(36)20(4)33(16-21-7-8-23(30)15-26(21)31)27(35)17-34(24-11-6-18(2)19(3)14-24)39(37,38)25-12-9-22(29)10-13-25/h6-15,20H,5,16-17H2,1-4H3,(H,32,36)/t20-/m1/s1. The van der Waals surface area contributed by atoms with E-state index in [1.165, 1.54) is 29.2 Å². The van der Waals surface area contributed by atoms with Crippen molar-refractivity contribution in [1.82, 2.24) is 10.2 Å². The molecule has 0 bridgehead atoms. The Kier molecular flexibility index (Phi) is 10.3. The molecule has 0 unspecified atom stereocenters. The molecule has 0 spiro atoms. The normalized spacial score (nSPS) is 12.1. The number of rotatable bonds is 10. The summed E-state index contributed by atoms with van der Waals surface area (Å²) in [4.78, 5) is 28.0. The van der Waals surface area contributed by atoms with Crippen LogP contribution in [0.1, 0.15) is 30.5 Å². The predicted octanol–water partition coefficient (Wildman–Crippen LogP) is 6.01. The topological polar surface area (TPSA) is 86.8 Å². The molecule has 0 fully saturated rings. The first-order chi connectivity index (χ1) is 18.3. The third-order valence-corrected chi connectivity index (χ3v) is 8.96. The van der Waals surface area contributed by atoms with Crippen molar-refractivity contribution in [2.24, 2.45) is 0 Å². The van der Waals surface area contributed by atoms with Gasteiger partial charge in [0.15, 0.2) is 0 Å². The Bertz CT molecular complexity index is 1460. The molecule has 2 amide bonds. The van der Waals surface area contributed by atoms with E-state index in [-0.39, 0.29) is 17.3 Å². The molecule has 0 aliphatic rings. The summed E-state index contributed by atoms with van der Waals surface area (Å²) in [5.41, 5.74) is 2.70. The number of carbonyl (C=O) groups excluding carboxylic acids is 2. The van der Waals surface area contributed by atoms with Crippen LogP contribution in [0.5, 0.6) is 0 Å². The quantitative estimate of drug-likeness (QED) is 0.305. The Hall–Kier alpha value is -2.78. The number of sulfonamides is 1. The van der Waals surface area contributed by atoms with Gasteiger partial charge in [-0.05, 0) is 92.9 Å². The van der Waals surface area contributed by atoms with Crippen LogP contribution in [0.25, 0.3) is 0 Å². The van der Waals surface area contributed by atoms with Crippen LogP contribution in [0.4, 0.5) is 5.69 Å². The molecule has 0 saturated heterocycles. The SMILES string of the molecule is CCNC(=O)[C@@H](C)N(Cc1ccc(Cl)cc1Cl)C(=O)CN(c1ccc(C)c(C)c1)S(=O)(=O)c1ccc(Cl)cc1. The van der Waals surface area contributed by atoms with Crippen LogP contribution in [-0.4, -0.2) is 44.3 Å². The molecule has 0 heterocycles. The minimum atomic E-state index is -4.19. The van der Waals surface area contributed by atoms with Crippen molar-refractivity contribution in [2.75, 3.05) is 17.4 Å². The minimum absolute atomic E-state index is 0.0259. The van der Waals surface area contributed by atoms with Crippen LogP contribution in [-0.2, 0) is 26.2 Å². The lowest BCUT2D eigenvalue weighted by Crippen LogP contribution is -2.51. The van der Waals surface area contributed by atoms with E-state index in [9.17, 15) is 18.0 Å². The van der Waals surface area contributed by atoms with Crippen LogP contribution in [0.15, 0.2) is 65.6 Å². The molecule has 3 rings (SSSR count). The van der Waals surface area contributed by atoms with Crippen molar-refractivity contribution in [3.63, 3.8) is 0 Å². The van der Waals surface area contributed by atoms with Gasteiger partial charge in [0.25, 0.3) is 10.0 Å². The molecule has 0 saturated carbocycles. The highest BCUT2D eigenvalue weighted by molar-refractivity contribution is 7.92. The van der Waals surface area contributed by atoms with E-state index in [4.69, 9.17) is 34.8 Å². The Labute approximate surface area is 244 Å². The van der Waals surface area contributed by atoms with E-state index in [1.807, 2.05) is 13.8 Å². The molecule has 1 N–H and O–H groups in total. The van der Waals surface area contributed by atoms with Gasteiger partial charge in [-0.3, -0.25) is 13.9 Å². The van der Waals surface area contributed by atoms with Crippen molar-refractivity contribution in [2.45, 2.75) is 45.2 Å². The van der Waals surface area contributed by atoms with E-state index < -0.39 is 28.5 Å². The molecular formula is C28H30Cl3N3O4S. The first kappa shape index (κ1) is 30.8. The molecule has 1 atom stereocenters. The molecule has 11 heteroatoms. The van der Waals surface area contributed by atoms with Gasteiger partial charge in [-0.1, -0.05) is 46.9 Å². The smallest absolute Gasteiger partial charge is 0.264 e. The largest absolute Gasteiger partial charge is 0.355 e. The monoisotopic (exact) mass is 609 g/mol. The van der Waals surface area contributed by atoms with Crippen molar-refractivity contribution in [3.05, 3.63) is 92.4 Å². The summed E-state index contributed by atoms with van der Waals surface area (Å²) >= 11 is 18.4. The average Bonchev–Trinajstić information content (AvgIpc) is 2.88. The third-order valence-electron chi connectivity index (χ3n) is 6.33. The van der Waals surface area contributed by atoms with Gasteiger partial charge in [0.2, 0.25) is 11.8 Å². The molecule has 0 aliphatic carbocycles. The summed E-state index contributed by atoms with van der Waals surface area (Å²) < 4.78 is 28.8. The Morgan fingerprint density at radius 3 is 2.13 bits per heavy atom. The molecule has 0 aromatic heterocycles. The lowest BCUT2D eigenvalue weighted by Gasteiger charge is -2.32. The molecule has 39 heavy (non-hydrogen) atoms. The summed E-state index contributed by atoms with van der Waals surface area (Å²) in [5, 5.41) is 3.84. The molecule has 3 aromatic carbocycles. The van der Waals surface area contributed by atoms with Gasteiger partial charge < -0.3 is 10.2 Å². The van der Waals surface area contributed by atoms with Crippen molar-refractivity contribution < 1.29 is 18.0 Å². The molecule has 7 nitrogen and oxygen atoms in total. The van der Waals surface area contributed by atoms with Crippen molar-refractivity contribution in [1.29, 1.82) is 0 Å². The summed E-state index contributed by atoms with van der Waals surface area (Å²) in [5.74, 6) is -0.968. The molecule has 3 aromatic rings. The minimum Gasteiger partial charge on any atom is -0.355 e. The molecule has 0 aliphatic heterocycles. The third kappa shape index (κ3) is 7.45. The number of hydrogen-bond donors (Lipinski definition) is 1. The number of amides is 2. The number of aryl methyl sites for hydroxylation is 2. The van der Waals surface area contributed by atoms with Gasteiger partial charge in [0, 0.05) is 28.2 Å². The van der Waals surface area contributed by atoms with Crippen LogP contribution >= 0.6 is 34.8 Å². The highest BCUT2D eigenvalue weighted by atomic mass is 35.5. The van der Waals surface area contributed by atoms with Crippen molar-refractivity contribution in [3.8, 4) is 0 Å². The number of nitrogens with zero attached hydrogens (tertiary/aromatic N) is 2. The maximum atomic E-state index is 13.9. The maximum Gasteiger partial charge on any atom is 0.264 e. The fraction of sp³-hybridized carbons (Fsp3) is 0.286. The first-order valence-corrected chi connectivity index (χ1v) is 14.8. The van der Waals surface area contributed by atoms with E-state index >= 15 is 0 Å². The molecular weight excluding hydrogens is 581 g/mol. The highest BCUT2D eigenvalue weighted by Gasteiger charge is 2.33. The summed E-state index contributed by atoms with van der Waals surface area (Å²) in [6.07, 6.45) is 0. The zero-order valence-corrected chi connectivity index (χ0v) is 25.1. The van der Waals surface area contributed by atoms with Crippen LogP contribution in [0, 0.1) is 13.8 Å². The number of halogens is 3. The van der Waals surface area contributed by atoms with Gasteiger partial charge >= 0.3 is 0 Å². The Balaban J connectivity index is 2.07. The number of nitrogens with one attached hydrogen (secondary N) is 1. The number of anilines is 1. The summed E-state index contributed by atoms with van der Waals surface area (Å²) in [6.45, 7) is 6.91. The Morgan fingerprint density at radius 2 is 1.54 bits per heavy atom. The summed E-state index contributed by atoms with van der Waals surface area (Å²) in [7, 11) is -4.19. The van der Waals surface area contributed by atoms with Crippen molar-refractivity contribution >= 4 is 62.3 Å². The fourth-order valence-electron chi connectivity index (χ4n) is 3.88. The molecule has 208 valence electrons. The second-order valence-electron chi connectivity index (χ2n) is 9.06. The predicted molar refractivity (Wildman–Crippen MR) is 157 cm³/mol. The van der Waals surface area contributed by atoms with Gasteiger partial charge in [0.1, 0.15) is 12.6 Å². The van der Waals surface area contributed by atoms with E-state index in [0.29, 0.717) is 32.9 Å². The second kappa shape index (κ2) is 13.0. The van der Waals surface area contributed by atoms with Gasteiger partial charge in [-0.25, -0.2) is 8.42 Å². The van der Waals surface area contributed by atoms with Crippen LogP contribution in [0.2, 0.25) is 15.1 Å². The second-order valence-corrected chi connectivity index (χ2v) is 12.2. The van der Waals surface area contributed by atoms with E-state index in [0.717, 1.165) is 15.4 Å². The van der Waals surface area contributed by atoms with Gasteiger partial charge in [-0.15, -0.1) is 0 Å². The Morgan fingerprint density at radius 1 is 0.897 bits per heavy atom.